The number of hydrogen-bond donors (Lipinski definition) is 0. The monoisotopic (exact) mass is 309 g/mol. The maximum atomic E-state index is 11.6. The summed E-state index contributed by atoms with van der Waals surface area (Å²) in [4.78, 5) is 22.2. The molecular weight excluding hydrogens is 298 g/mol. The van der Waals surface area contributed by atoms with Crippen LogP contribution in [0.5, 0.6) is 0 Å². The van der Waals surface area contributed by atoms with Gasteiger partial charge in [-0.3, -0.25) is 10.1 Å². The molecule has 0 saturated heterocycles. The zero-order valence-electron chi connectivity index (χ0n) is 11.4. The molecule has 0 radical (unpaired) electrons. The van der Waals surface area contributed by atoms with Gasteiger partial charge in [0, 0.05) is 11.1 Å². The van der Waals surface area contributed by atoms with Crippen molar-refractivity contribution in [3.63, 3.8) is 0 Å². The SMILES string of the molecule is CCOC(=O)c1ccc(-c2cc(Cl)c(C)cc2[N+](=O)[O-])o1. The number of nitro groups is 1. The number of ether oxygens (including phenoxy) is 1. The van der Waals surface area contributed by atoms with Crippen molar-refractivity contribution in [1.29, 1.82) is 0 Å². The van der Waals surface area contributed by atoms with Crippen LogP contribution in [0.2, 0.25) is 5.02 Å². The fourth-order valence-corrected chi connectivity index (χ4v) is 1.97. The van der Waals surface area contributed by atoms with Crippen LogP contribution in [0, 0.1) is 17.0 Å². The molecule has 0 aliphatic carbocycles. The van der Waals surface area contributed by atoms with E-state index in [4.69, 9.17) is 20.8 Å². The molecule has 0 saturated carbocycles. The third kappa shape index (κ3) is 3.05. The summed E-state index contributed by atoms with van der Waals surface area (Å²) < 4.78 is 10.1. The molecule has 0 N–H and O–H groups in total. The third-order valence-corrected chi connectivity index (χ3v) is 3.23. The van der Waals surface area contributed by atoms with E-state index in [0.29, 0.717) is 10.6 Å². The zero-order chi connectivity index (χ0) is 15.6. The quantitative estimate of drug-likeness (QED) is 0.484. The second-order valence-electron chi connectivity index (χ2n) is 4.26. The molecule has 0 aliphatic rings. The molecule has 0 amide bonds. The van der Waals surface area contributed by atoms with Gasteiger partial charge in [0.05, 0.1) is 17.1 Å². The number of esters is 1. The highest BCUT2D eigenvalue weighted by atomic mass is 35.5. The Morgan fingerprint density at radius 1 is 1.43 bits per heavy atom. The van der Waals surface area contributed by atoms with Crippen LogP contribution in [0.3, 0.4) is 0 Å². The number of nitro benzene ring substituents is 1. The Balaban J connectivity index is 2.49. The van der Waals surface area contributed by atoms with Crippen LogP contribution in [0.15, 0.2) is 28.7 Å². The highest BCUT2D eigenvalue weighted by Crippen LogP contribution is 2.35. The first-order chi connectivity index (χ1) is 9.93. The lowest BCUT2D eigenvalue weighted by molar-refractivity contribution is -0.384. The minimum atomic E-state index is -0.621. The van der Waals surface area contributed by atoms with E-state index in [1.165, 1.54) is 24.3 Å². The number of furan rings is 1. The summed E-state index contributed by atoms with van der Waals surface area (Å²) in [5.41, 5.74) is 0.664. The Labute approximate surface area is 125 Å². The van der Waals surface area contributed by atoms with E-state index in [1.54, 1.807) is 13.8 Å². The molecule has 0 fully saturated rings. The van der Waals surface area contributed by atoms with Gasteiger partial charge in [-0.15, -0.1) is 0 Å². The van der Waals surface area contributed by atoms with Gasteiger partial charge in [-0.25, -0.2) is 4.79 Å². The van der Waals surface area contributed by atoms with Crippen molar-refractivity contribution >= 4 is 23.3 Å². The van der Waals surface area contributed by atoms with E-state index < -0.39 is 10.9 Å². The van der Waals surface area contributed by atoms with Crippen LogP contribution in [0.1, 0.15) is 23.0 Å². The van der Waals surface area contributed by atoms with Crippen LogP contribution in [-0.2, 0) is 4.74 Å². The molecule has 7 heteroatoms. The molecule has 1 heterocycles. The van der Waals surface area contributed by atoms with Crippen LogP contribution in [-0.4, -0.2) is 17.5 Å². The number of rotatable bonds is 4. The van der Waals surface area contributed by atoms with Crippen molar-refractivity contribution in [2.24, 2.45) is 0 Å². The average Bonchev–Trinajstić information content (AvgIpc) is 2.91. The van der Waals surface area contributed by atoms with Crippen molar-refractivity contribution in [3.05, 3.63) is 50.7 Å². The third-order valence-electron chi connectivity index (χ3n) is 2.82. The molecule has 1 aromatic heterocycles. The molecule has 1 aromatic carbocycles. The van der Waals surface area contributed by atoms with Crippen molar-refractivity contribution < 1.29 is 18.9 Å². The summed E-state index contributed by atoms with van der Waals surface area (Å²) in [6, 6.07) is 5.69. The van der Waals surface area contributed by atoms with E-state index in [0.717, 1.165) is 0 Å². The van der Waals surface area contributed by atoms with Gasteiger partial charge in [0.25, 0.3) is 5.69 Å². The van der Waals surface area contributed by atoms with Crippen molar-refractivity contribution in [3.8, 4) is 11.3 Å². The number of carbonyl (C=O) groups excluding carboxylic acids is 1. The Morgan fingerprint density at radius 3 is 2.76 bits per heavy atom. The maximum absolute atomic E-state index is 11.6. The second kappa shape index (κ2) is 5.97. The van der Waals surface area contributed by atoms with Crippen LogP contribution >= 0.6 is 11.6 Å². The van der Waals surface area contributed by atoms with Gasteiger partial charge in [-0.2, -0.15) is 0 Å². The molecule has 0 unspecified atom stereocenters. The first-order valence-corrected chi connectivity index (χ1v) is 6.53. The number of halogens is 1. The van der Waals surface area contributed by atoms with Crippen LogP contribution in [0.4, 0.5) is 5.69 Å². The molecular formula is C14H12ClNO5. The molecule has 21 heavy (non-hydrogen) atoms. The summed E-state index contributed by atoms with van der Waals surface area (Å²) >= 11 is 6.00. The summed E-state index contributed by atoms with van der Waals surface area (Å²) in [5, 5.41) is 11.5. The number of hydrogen-bond acceptors (Lipinski definition) is 5. The predicted octanol–water partition coefficient (Wildman–Crippen LogP) is 3.99. The molecule has 0 aliphatic heterocycles. The van der Waals surface area contributed by atoms with Gasteiger partial charge in [0.2, 0.25) is 5.76 Å². The molecule has 0 spiro atoms. The highest BCUT2D eigenvalue weighted by Gasteiger charge is 2.22. The first-order valence-electron chi connectivity index (χ1n) is 6.16. The minimum Gasteiger partial charge on any atom is -0.460 e. The molecule has 0 atom stereocenters. The minimum absolute atomic E-state index is 0.0159. The van der Waals surface area contributed by atoms with E-state index in [1.807, 2.05) is 0 Å². The summed E-state index contributed by atoms with van der Waals surface area (Å²) in [7, 11) is 0. The Bertz CT molecular complexity index is 707. The van der Waals surface area contributed by atoms with Crippen molar-refractivity contribution in [2.75, 3.05) is 6.61 Å². The molecule has 110 valence electrons. The van der Waals surface area contributed by atoms with E-state index in [2.05, 4.69) is 0 Å². The van der Waals surface area contributed by atoms with Crippen molar-refractivity contribution in [2.45, 2.75) is 13.8 Å². The molecule has 2 aromatic rings. The smallest absolute Gasteiger partial charge is 0.374 e. The van der Waals surface area contributed by atoms with Gasteiger partial charge in [-0.1, -0.05) is 11.6 Å². The molecule has 2 rings (SSSR count). The lowest BCUT2D eigenvalue weighted by Gasteiger charge is -2.04. The molecule has 6 nitrogen and oxygen atoms in total. The summed E-state index contributed by atoms with van der Waals surface area (Å²) in [6.07, 6.45) is 0. The Morgan fingerprint density at radius 2 is 2.14 bits per heavy atom. The highest BCUT2D eigenvalue weighted by molar-refractivity contribution is 6.31. The maximum Gasteiger partial charge on any atom is 0.374 e. The van der Waals surface area contributed by atoms with Gasteiger partial charge in [0.15, 0.2) is 0 Å². The fourth-order valence-electron chi connectivity index (χ4n) is 1.81. The van der Waals surface area contributed by atoms with E-state index in [-0.39, 0.29) is 29.4 Å². The number of benzene rings is 1. The van der Waals surface area contributed by atoms with Gasteiger partial charge >= 0.3 is 5.97 Å². The second-order valence-corrected chi connectivity index (χ2v) is 4.67. The van der Waals surface area contributed by atoms with Crippen molar-refractivity contribution in [1.82, 2.24) is 0 Å². The van der Waals surface area contributed by atoms with Crippen LogP contribution in [0.25, 0.3) is 11.3 Å². The lowest BCUT2D eigenvalue weighted by Crippen LogP contribution is -2.02. The largest absolute Gasteiger partial charge is 0.460 e. The van der Waals surface area contributed by atoms with Crippen LogP contribution < -0.4 is 0 Å². The standard InChI is InChI=1S/C14H12ClNO5/c1-3-20-14(17)13-5-4-12(21-13)9-7-10(15)8(2)6-11(9)16(18)19/h4-7H,3H2,1-2H3. The van der Waals surface area contributed by atoms with Gasteiger partial charge in [-0.05, 0) is 37.6 Å². The lowest BCUT2D eigenvalue weighted by atomic mass is 10.1. The topological polar surface area (TPSA) is 82.6 Å². The summed E-state index contributed by atoms with van der Waals surface area (Å²) in [6.45, 7) is 3.56. The first kappa shape index (κ1) is 15.1. The Hall–Kier alpha value is -2.34. The van der Waals surface area contributed by atoms with Gasteiger partial charge in [0.1, 0.15) is 5.76 Å². The fraction of sp³-hybridized carbons (Fsp3) is 0.214. The molecule has 0 bridgehead atoms. The van der Waals surface area contributed by atoms with E-state index >= 15 is 0 Å². The normalized spacial score (nSPS) is 10.4. The average molecular weight is 310 g/mol. The number of aryl methyl sites for hydroxylation is 1. The zero-order valence-corrected chi connectivity index (χ0v) is 12.1. The number of nitrogens with zero attached hydrogens (tertiary/aromatic N) is 1. The number of carbonyl (C=O) groups is 1. The van der Waals surface area contributed by atoms with E-state index in [9.17, 15) is 14.9 Å². The predicted molar refractivity (Wildman–Crippen MR) is 76.5 cm³/mol. The Kier molecular flexibility index (Phi) is 4.28. The summed E-state index contributed by atoms with van der Waals surface area (Å²) in [5.74, 6) is -0.450. The van der Waals surface area contributed by atoms with Gasteiger partial charge < -0.3 is 9.15 Å².